The largest absolute Gasteiger partial charge is 0.297 e. The summed E-state index contributed by atoms with van der Waals surface area (Å²) in [6, 6.07) is 4.75. The van der Waals surface area contributed by atoms with Crippen LogP contribution in [0.4, 0.5) is 0 Å². The van der Waals surface area contributed by atoms with Crippen LogP contribution < -0.4 is 0 Å². The van der Waals surface area contributed by atoms with Gasteiger partial charge < -0.3 is 0 Å². The SMILES string of the molecule is COS(=O)(=O)c1ccc(Br)cc1Br. The minimum Gasteiger partial charge on any atom is -0.270 e. The Bertz CT molecular complexity index is 414. The van der Waals surface area contributed by atoms with E-state index in [1.165, 1.54) is 6.07 Å². The Morgan fingerprint density at radius 2 is 1.92 bits per heavy atom. The van der Waals surface area contributed by atoms with Crippen LogP contribution in [0.1, 0.15) is 0 Å². The molecule has 3 nitrogen and oxygen atoms in total. The number of halogens is 2. The predicted octanol–water partition coefficient (Wildman–Crippen LogP) is 2.55. The maximum Gasteiger partial charge on any atom is 0.297 e. The number of rotatable bonds is 2. The first-order valence-electron chi connectivity index (χ1n) is 3.23. The Labute approximate surface area is 93.5 Å². The minimum absolute atomic E-state index is 0.123. The second kappa shape index (κ2) is 4.08. The predicted molar refractivity (Wildman–Crippen MR) is 56.0 cm³/mol. The fraction of sp³-hybridized carbons (Fsp3) is 0.143. The van der Waals surface area contributed by atoms with Crippen molar-refractivity contribution < 1.29 is 12.6 Å². The molecule has 72 valence electrons. The van der Waals surface area contributed by atoms with Gasteiger partial charge in [0.05, 0.1) is 7.11 Å². The highest BCUT2D eigenvalue weighted by atomic mass is 79.9. The molecule has 0 amide bonds. The van der Waals surface area contributed by atoms with Gasteiger partial charge >= 0.3 is 0 Å². The summed E-state index contributed by atoms with van der Waals surface area (Å²) in [4.78, 5) is 0.123. The van der Waals surface area contributed by atoms with E-state index in [1.807, 2.05) is 0 Å². The van der Waals surface area contributed by atoms with E-state index in [4.69, 9.17) is 0 Å². The summed E-state index contributed by atoms with van der Waals surface area (Å²) in [5, 5.41) is 0. The molecule has 0 atom stereocenters. The van der Waals surface area contributed by atoms with E-state index in [0.29, 0.717) is 4.47 Å². The third kappa shape index (κ3) is 2.52. The molecule has 0 radical (unpaired) electrons. The van der Waals surface area contributed by atoms with Gasteiger partial charge in [0.25, 0.3) is 10.1 Å². The van der Waals surface area contributed by atoms with Crippen LogP contribution in [0.5, 0.6) is 0 Å². The van der Waals surface area contributed by atoms with Gasteiger partial charge in [-0.25, -0.2) is 0 Å². The lowest BCUT2D eigenvalue weighted by Gasteiger charge is -2.03. The first-order valence-corrected chi connectivity index (χ1v) is 6.22. The van der Waals surface area contributed by atoms with Gasteiger partial charge in [0.2, 0.25) is 0 Å². The quantitative estimate of drug-likeness (QED) is 0.783. The topological polar surface area (TPSA) is 43.4 Å². The molecular weight excluding hydrogens is 324 g/mol. The Hall–Kier alpha value is 0.0900. The standard InChI is InChI=1S/C7H6Br2O3S/c1-12-13(10,11)7-3-2-5(8)4-6(7)9/h2-4H,1H3. The van der Waals surface area contributed by atoms with Crippen molar-refractivity contribution in [2.45, 2.75) is 4.90 Å². The highest BCUT2D eigenvalue weighted by molar-refractivity contribution is 9.11. The molecule has 1 rings (SSSR count). The van der Waals surface area contributed by atoms with Gasteiger partial charge in [-0.05, 0) is 34.1 Å². The van der Waals surface area contributed by atoms with E-state index in [1.54, 1.807) is 12.1 Å². The summed E-state index contributed by atoms with van der Waals surface area (Å²) in [5.41, 5.74) is 0. The van der Waals surface area contributed by atoms with E-state index >= 15 is 0 Å². The summed E-state index contributed by atoms with van der Waals surface area (Å²) >= 11 is 6.35. The van der Waals surface area contributed by atoms with Crippen LogP contribution in [-0.4, -0.2) is 15.5 Å². The molecule has 0 fully saturated rings. The van der Waals surface area contributed by atoms with Crippen molar-refractivity contribution in [1.29, 1.82) is 0 Å². The maximum absolute atomic E-state index is 11.3. The summed E-state index contributed by atoms with van der Waals surface area (Å²) in [6.45, 7) is 0. The van der Waals surface area contributed by atoms with Crippen LogP contribution in [-0.2, 0) is 14.3 Å². The molecule has 0 saturated heterocycles. The molecule has 0 aromatic heterocycles. The van der Waals surface area contributed by atoms with E-state index < -0.39 is 10.1 Å². The molecule has 0 saturated carbocycles. The van der Waals surface area contributed by atoms with Crippen molar-refractivity contribution in [2.24, 2.45) is 0 Å². The molecule has 0 aliphatic carbocycles. The summed E-state index contributed by atoms with van der Waals surface area (Å²) in [6.07, 6.45) is 0. The summed E-state index contributed by atoms with van der Waals surface area (Å²) in [5.74, 6) is 0. The minimum atomic E-state index is -3.61. The normalized spacial score (nSPS) is 11.6. The van der Waals surface area contributed by atoms with Crippen molar-refractivity contribution in [2.75, 3.05) is 7.11 Å². The van der Waals surface area contributed by atoms with Crippen molar-refractivity contribution in [3.8, 4) is 0 Å². The highest BCUT2D eigenvalue weighted by Gasteiger charge is 2.16. The molecule has 0 spiro atoms. The van der Waals surface area contributed by atoms with E-state index in [9.17, 15) is 8.42 Å². The van der Waals surface area contributed by atoms with Crippen molar-refractivity contribution in [1.82, 2.24) is 0 Å². The first kappa shape index (κ1) is 11.2. The van der Waals surface area contributed by atoms with Crippen molar-refractivity contribution in [3.05, 3.63) is 27.1 Å². The van der Waals surface area contributed by atoms with Crippen LogP contribution in [0.2, 0.25) is 0 Å². The molecule has 0 bridgehead atoms. The van der Waals surface area contributed by atoms with Gasteiger partial charge in [0.15, 0.2) is 0 Å². The zero-order chi connectivity index (χ0) is 10.1. The molecule has 0 unspecified atom stereocenters. The van der Waals surface area contributed by atoms with E-state index in [0.717, 1.165) is 11.6 Å². The zero-order valence-electron chi connectivity index (χ0n) is 6.62. The number of hydrogen-bond donors (Lipinski definition) is 0. The molecule has 0 heterocycles. The second-order valence-corrected chi connectivity index (χ2v) is 5.65. The molecular formula is C7H6Br2O3S. The lowest BCUT2D eigenvalue weighted by molar-refractivity contribution is 0.397. The van der Waals surface area contributed by atoms with Gasteiger partial charge in [-0.15, -0.1) is 0 Å². The first-order chi connectivity index (χ1) is 5.97. The molecule has 1 aromatic rings. The molecule has 0 aliphatic heterocycles. The third-order valence-electron chi connectivity index (χ3n) is 1.38. The zero-order valence-corrected chi connectivity index (χ0v) is 10.6. The lowest BCUT2D eigenvalue weighted by Crippen LogP contribution is -2.03. The van der Waals surface area contributed by atoms with E-state index in [-0.39, 0.29) is 4.90 Å². The van der Waals surface area contributed by atoms with Crippen molar-refractivity contribution in [3.63, 3.8) is 0 Å². The molecule has 6 heteroatoms. The van der Waals surface area contributed by atoms with Gasteiger partial charge in [0.1, 0.15) is 4.90 Å². The van der Waals surface area contributed by atoms with E-state index in [2.05, 4.69) is 36.0 Å². The fourth-order valence-electron chi connectivity index (χ4n) is 0.768. The molecule has 1 aromatic carbocycles. The van der Waals surface area contributed by atoms with Crippen LogP contribution in [0.3, 0.4) is 0 Å². The Balaban J connectivity index is 3.33. The van der Waals surface area contributed by atoms with Gasteiger partial charge in [-0.2, -0.15) is 8.42 Å². The molecule has 13 heavy (non-hydrogen) atoms. The number of benzene rings is 1. The summed E-state index contributed by atoms with van der Waals surface area (Å²) in [7, 11) is -2.48. The smallest absolute Gasteiger partial charge is 0.270 e. The average Bonchev–Trinajstić information content (AvgIpc) is 2.03. The lowest BCUT2D eigenvalue weighted by atomic mass is 10.4. The highest BCUT2D eigenvalue weighted by Crippen LogP contribution is 2.26. The monoisotopic (exact) mass is 328 g/mol. The van der Waals surface area contributed by atoms with Gasteiger partial charge in [-0.3, -0.25) is 4.18 Å². The van der Waals surface area contributed by atoms with Gasteiger partial charge in [-0.1, -0.05) is 15.9 Å². The average molecular weight is 330 g/mol. The Morgan fingerprint density at radius 1 is 1.31 bits per heavy atom. The fourth-order valence-corrected chi connectivity index (χ4v) is 3.12. The van der Waals surface area contributed by atoms with Crippen molar-refractivity contribution >= 4 is 42.0 Å². The molecule has 0 aliphatic rings. The van der Waals surface area contributed by atoms with Crippen LogP contribution in [0.15, 0.2) is 32.0 Å². The number of hydrogen-bond acceptors (Lipinski definition) is 3. The summed E-state index contributed by atoms with van der Waals surface area (Å²) < 4.78 is 28.2. The Morgan fingerprint density at radius 3 is 2.38 bits per heavy atom. The maximum atomic E-state index is 11.3. The van der Waals surface area contributed by atoms with Gasteiger partial charge in [0, 0.05) is 8.95 Å². The third-order valence-corrected chi connectivity index (χ3v) is 4.13. The second-order valence-electron chi connectivity index (χ2n) is 2.20. The molecule has 0 N–H and O–H groups in total. The Kier molecular flexibility index (Phi) is 3.50. The van der Waals surface area contributed by atoms with Crippen LogP contribution in [0, 0.1) is 0 Å². The van der Waals surface area contributed by atoms with Crippen LogP contribution >= 0.6 is 31.9 Å². The van der Waals surface area contributed by atoms with Crippen LogP contribution in [0.25, 0.3) is 0 Å².